The maximum Gasteiger partial charge on any atom is 0.0814 e. The number of halogens is 1. The molecule has 0 saturated heterocycles. The SMILES string of the molecule is Cc1nn(CCCNC2CC2)cc1Cl. The number of nitrogens with one attached hydrogen (secondary N) is 1. The van der Waals surface area contributed by atoms with E-state index in [4.69, 9.17) is 11.6 Å². The van der Waals surface area contributed by atoms with Crippen molar-refractivity contribution >= 4 is 11.6 Å². The van der Waals surface area contributed by atoms with Crippen LogP contribution in [0.3, 0.4) is 0 Å². The Morgan fingerprint density at radius 3 is 3.00 bits per heavy atom. The number of aromatic nitrogens is 2. The highest BCUT2D eigenvalue weighted by Crippen LogP contribution is 2.18. The van der Waals surface area contributed by atoms with Gasteiger partial charge in [-0.3, -0.25) is 4.68 Å². The van der Waals surface area contributed by atoms with Gasteiger partial charge in [-0.05, 0) is 32.7 Å². The quantitative estimate of drug-likeness (QED) is 0.759. The second kappa shape index (κ2) is 4.32. The predicted molar refractivity (Wildman–Crippen MR) is 57.6 cm³/mol. The zero-order valence-corrected chi connectivity index (χ0v) is 9.22. The standard InChI is InChI=1S/C10H16ClN3/c1-8-10(11)7-14(13-8)6-2-5-12-9-3-4-9/h7,9,12H,2-6H2,1H3. The Kier molecular flexibility index (Phi) is 3.08. The van der Waals surface area contributed by atoms with Crippen LogP contribution in [0.5, 0.6) is 0 Å². The molecule has 0 aromatic carbocycles. The monoisotopic (exact) mass is 213 g/mol. The molecule has 14 heavy (non-hydrogen) atoms. The van der Waals surface area contributed by atoms with Crippen LogP contribution in [-0.4, -0.2) is 22.4 Å². The van der Waals surface area contributed by atoms with Crippen molar-refractivity contribution in [3.63, 3.8) is 0 Å². The number of hydrogen-bond acceptors (Lipinski definition) is 2. The van der Waals surface area contributed by atoms with Crippen LogP contribution in [0.25, 0.3) is 0 Å². The number of rotatable bonds is 5. The highest BCUT2D eigenvalue weighted by atomic mass is 35.5. The maximum absolute atomic E-state index is 5.90. The molecule has 1 saturated carbocycles. The van der Waals surface area contributed by atoms with E-state index >= 15 is 0 Å². The van der Waals surface area contributed by atoms with E-state index in [0.717, 1.165) is 36.3 Å². The van der Waals surface area contributed by atoms with Crippen molar-refractivity contribution in [2.24, 2.45) is 0 Å². The molecule has 1 aromatic heterocycles. The summed E-state index contributed by atoms with van der Waals surface area (Å²) in [5.41, 5.74) is 0.918. The molecular formula is C10H16ClN3. The first kappa shape index (κ1) is 9.99. The van der Waals surface area contributed by atoms with Crippen molar-refractivity contribution in [2.45, 2.75) is 38.8 Å². The first-order valence-corrected chi connectivity index (χ1v) is 5.56. The lowest BCUT2D eigenvalue weighted by Gasteiger charge is -2.02. The van der Waals surface area contributed by atoms with Crippen LogP contribution in [0.15, 0.2) is 6.20 Å². The van der Waals surface area contributed by atoms with Crippen LogP contribution in [0, 0.1) is 6.92 Å². The lowest BCUT2D eigenvalue weighted by Crippen LogP contribution is -2.19. The Balaban J connectivity index is 1.68. The van der Waals surface area contributed by atoms with Gasteiger partial charge < -0.3 is 5.32 Å². The second-order valence-corrected chi connectivity index (χ2v) is 4.31. The fourth-order valence-electron chi connectivity index (χ4n) is 1.44. The summed E-state index contributed by atoms with van der Waals surface area (Å²) in [7, 11) is 0. The summed E-state index contributed by atoms with van der Waals surface area (Å²) < 4.78 is 1.92. The lowest BCUT2D eigenvalue weighted by atomic mass is 10.4. The minimum Gasteiger partial charge on any atom is -0.314 e. The summed E-state index contributed by atoms with van der Waals surface area (Å²) in [6.45, 7) is 3.97. The third-order valence-electron chi connectivity index (χ3n) is 2.46. The average molecular weight is 214 g/mol. The molecule has 0 unspecified atom stereocenters. The maximum atomic E-state index is 5.90. The molecule has 2 rings (SSSR count). The van der Waals surface area contributed by atoms with Gasteiger partial charge in [0.15, 0.2) is 0 Å². The van der Waals surface area contributed by atoms with Crippen molar-refractivity contribution in [3.05, 3.63) is 16.9 Å². The fraction of sp³-hybridized carbons (Fsp3) is 0.700. The molecule has 0 amide bonds. The highest BCUT2D eigenvalue weighted by molar-refractivity contribution is 6.31. The molecule has 0 bridgehead atoms. The summed E-state index contributed by atoms with van der Waals surface area (Å²) in [5, 5.41) is 8.54. The minimum atomic E-state index is 0.764. The van der Waals surface area contributed by atoms with Gasteiger partial charge in [0.1, 0.15) is 0 Å². The summed E-state index contributed by atoms with van der Waals surface area (Å²) >= 11 is 5.90. The topological polar surface area (TPSA) is 29.9 Å². The van der Waals surface area contributed by atoms with Gasteiger partial charge in [0, 0.05) is 18.8 Å². The Bertz CT molecular complexity index is 285. The van der Waals surface area contributed by atoms with Gasteiger partial charge in [-0.25, -0.2) is 0 Å². The number of hydrogen-bond donors (Lipinski definition) is 1. The molecule has 0 atom stereocenters. The van der Waals surface area contributed by atoms with Crippen LogP contribution in [0.4, 0.5) is 0 Å². The van der Waals surface area contributed by atoms with Crippen molar-refractivity contribution in [3.8, 4) is 0 Å². The average Bonchev–Trinajstić information content (AvgIpc) is 2.90. The molecule has 0 spiro atoms. The van der Waals surface area contributed by atoms with E-state index in [2.05, 4.69) is 10.4 Å². The van der Waals surface area contributed by atoms with Gasteiger partial charge >= 0.3 is 0 Å². The molecule has 3 nitrogen and oxygen atoms in total. The Labute approximate surface area is 89.4 Å². The molecule has 1 aromatic rings. The van der Waals surface area contributed by atoms with E-state index in [1.165, 1.54) is 12.8 Å². The molecular weight excluding hydrogens is 198 g/mol. The normalized spacial score (nSPS) is 16.1. The predicted octanol–water partition coefficient (Wildman–Crippen LogP) is 1.99. The zero-order valence-electron chi connectivity index (χ0n) is 8.46. The van der Waals surface area contributed by atoms with Gasteiger partial charge in [-0.2, -0.15) is 5.10 Å². The van der Waals surface area contributed by atoms with E-state index in [1.54, 1.807) is 0 Å². The van der Waals surface area contributed by atoms with E-state index in [-0.39, 0.29) is 0 Å². The molecule has 1 aliphatic rings. The molecule has 4 heteroatoms. The second-order valence-electron chi connectivity index (χ2n) is 3.91. The molecule has 0 aliphatic heterocycles. The van der Waals surface area contributed by atoms with Crippen LogP contribution in [0.2, 0.25) is 5.02 Å². The fourth-order valence-corrected chi connectivity index (χ4v) is 1.59. The van der Waals surface area contributed by atoms with Crippen LogP contribution in [-0.2, 0) is 6.54 Å². The first-order valence-electron chi connectivity index (χ1n) is 5.18. The Morgan fingerprint density at radius 2 is 2.43 bits per heavy atom. The molecule has 1 aliphatic carbocycles. The highest BCUT2D eigenvalue weighted by Gasteiger charge is 2.19. The molecule has 1 N–H and O–H groups in total. The minimum absolute atomic E-state index is 0.764. The van der Waals surface area contributed by atoms with E-state index in [0.29, 0.717) is 0 Å². The van der Waals surface area contributed by atoms with E-state index in [1.807, 2.05) is 17.8 Å². The smallest absolute Gasteiger partial charge is 0.0814 e. The van der Waals surface area contributed by atoms with Crippen LogP contribution < -0.4 is 5.32 Å². The van der Waals surface area contributed by atoms with E-state index in [9.17, 15) is 0 Å². The Hall–Kier alpha value is -0.540. The first-order chi connectivity index (χ1) is 6.75. The molecule has 1 fully saturated rings. The van der Waals surface area contributed by atoms with Crippen molar-refractivity contribution < 1.29 is 0 Å². The Morgan fingerprint density at radius 1 is 1.64 bits per heavy atom. The summed E-state index contributed by atoms with van der Waals surface area (Å²) in [4.78, 5) is 0. The van der Waals surface area contributed by atoms with Gasteiger partial charge in [0.25, 0.3) is 0 Å². The van der Waals surface area contributed by atoms with Gasteiger partial charge in [-0.15, -0.1) is 0 Å². The van der Waals surface area contributed by atoms with Crippen LogP contribution in [0.1, 0.15) is 25.0 Å². The van der Waals surface area contributed by atoms with Crippen LogP contribution >= 0.6 is 11.6 Å². The van der Waals surface area contributed by atoms with Gasteiger partial charge in [0.05, 0.1) is 10.7 Å². The third kappa shape index (κ3) is 2.72. The summed E-state index contributed by atoms with van der Waals surface area (Å²) in [6, 6.07) is 0.804. The summed E-state index contributed by atoms with van der Waals surface area (Å²) in [5.74, 6) is 0. The van der Waals surface area contributed by atoms with Gasteiger partial charge in [0.2, 0.25) is 0 Å². The summed E-state index contributed by atoms with van der Waals surface area (Å²) in [6.07, 6.45) is 5.72. The molecule has 1 heterocycles. The van der Waals surface area contributed by atoms with E-state index < -0.39 is 0 Å². The van der Waals surface area contributed by atoms with Crippen molar-refractivity contribution in [2.75, 3.05) is 6.54 Å². The number of nitrogens with zero attached hydrogens (tertiary/aromatic N) is 2. The molecule has 0 radical (unpaired) electrons. The zero-order chi connectivity index (χ0) is 9.97. The third-order valence-corrected chi connectivity index (χ3v) is 2.83. The van der Waals surface area contributed by atoms with Gasteiger partial charge in [-0.1, -0.05) is 11.6 Å². The van der Waals surface area contributed by atoms with Crippen molar-refractivity contribution in [1.29, 1.82) is 0 Å². The lowest BCUT2D eigenvalue weighted by molar-refractivity contribution is 0.540. The number of aryl methyl sites for hydroxylation is 2. The van der Waals surface area contributed by atoms with Crippen molar-refractivity contribution in [1.82, 2.24) is 15.1 Å². The largest absolute Gasteiger partial charge is 0.314 e. The molecule has 78 valence electrons.